The molecule has 1 amide bonds. The lowest BCUT2D eigenvalue weighted by Gasteiger charge is -2.28. The largest absolute Gasteiger partial charge is 0.451 e. The van der Waals surface area contributed by atoms with E-state index in [1.54, 1.807) is 4.90 Å². The van der Waals surface area contributed by atoms with Crippen molar-refractivity contribution in [2.24, 2.45) is 0 Å². The number of carbonyl (C=O) groups is 2. The van der Waals surface area contributed by atoms with Gasteiger partial charge in [-0.2, -0.15) is 0 Å². The Morgan fingerprint density at radius 1 is 1.07 bits per heavy atom. The molecule has 4 rings (SSSR count). The van der Waals surface area contributed by atoms with Crippen molar-refractivity contribution < 1.29 is 14.3 Å². The second-order valence-corrected chi connectivity index (χ2v) is 7.89. The first-order valence-corrected chi connectivity index (χ1v) is 9.98. The molecule has 1 aliphatic heterocycles. The van der Waals surface area contributed by atoms with Crippen LogP contribution in [0.5, 0.6) is 0 Å². The van der Waals surface area contributed by atoms with Crippen molar-refractivity contribution in [3.05, 3.63) is 75.6 Å². The molecule has 0 saturated carbocycles. The van der Waals surface area contributed by atoms with Gasteiger partial charge in [0.25, 0.3) is 5.91 Å². The van der Waals surface area contributed by atoms with Crippen LogP contribution in [0.15, 0.2) is 54.6 Å². The molecule has 3 aromatic rings. The third-order valence-electron chi connectivity index (χ3n) is 4.78. The van der Waals surface area contributed by atoms with Crippen LogP contribution in [-0.4, -0.2) is 34.9 Å². The average molecular weight is 392 g/mol. The van der Waals surface area contributed by atoms with E-state index in [0.717, 1.165) is 22.6 Å². The lowest BCUT2D eigenvalue weighted by Crippen LogP contribution is -2.38. The first kappa shape index (κ1) is 18.4. The molecule has 0 bridgehead atoms. The molecule has 0 aliphatic carbocycles. The Labute approximate surface area is 167 Å². The number of hydrogen-bond donors (Lipinski definition) is 0. The molecule has 0 N–H and O–H groups in total. The smallest absolute Gasteiger partial charge is 0.351 e. The predicted octanol–water partition coefficient (Wildman–Crippen LogP) is 3.86. The van der Waals surface area contributed by atoms with Crippen LogP contribution in [0.3, 0.4) is 0 Å². The Hall–Kier alpha value is -2.99. The normalized spacial score (nSPS) is 13.1. The van der Waals surface area contributed by atoms with Gasteiger partial charge in [-0.15, -0.1) is 11.3 Å². The highest BCUT2D eigenvalue weighted by molar-refractivity contribution is 7.14. The molecule has 0 spiro atoms. The summed E-state index contributed by atoms with van der Waals surface area (Å²) in [5, 5.41) is 0.782. The van der Waals surface area contributed by atoms with Crippen LogP contribution in [0.2, 0.25) is 0 Å². The summed E-state index contributed by atoms with van der Waals surface area (Å²) in [6.07, 6.45) is 0.821. The van der Waals surface area contributed by atoms with Crippen molar-refractivity contribution in [2.45, 2.75) is 19.9 Å². The molecule has 0 radical (unpaired) electrons. The van der Waals surface area contributed by atoms with Crippen molar-refractivity contribution in [1.82, 2.24) is 9.88 Å². The minimum atomic E-state index is -0.504. The maximum atomic E-state index is 12.6. The second-order valence-electron chi connectivity index (χ2n) is 6.69. The van der Waals surface area contributed by atoms with Crippen LogP contribution >= 0.6 is 11.3 Å². The second kappa shape index (κ2) is 7.94. The van der Waals surface area contributed by atoms with Crippen LogP contribution in [0, 0.1) is 6.92 Å². The van der Waals surface area contributed by atoms with Crippen LogP contribution in [0.25, 0.3) is 11.3 Å². The summed E-state index contributed by atoms with van der Waals surface area (Å²) >= 11 is 1.28. The summed E-state index contributed by atoms with van der Waals surface area (Å²) < 4.78 is 5.35. The highest BCUT2D eigenvalue weighted by Gasteiger charge is 2.24. The number of nitrogens with zero attached hydrogens (tertiary/aromatic N) is 2. The fourth-order valence-corrected chi connectivity index (χ4v) is 4.18. The van der Waals surface area contributed by atoms with Gasteiger partial charge in [0.1, 0.15) is 4.88 Å². The standard InChI is InChI=1S/C22H20N2O3S/c1-15-23-20(17-8-3-2-4-9-17)21(28-15)22(26)27-14-19(25)24-12-11-16-7-5-6-10-18(16)13-24/h2-10H,11-14H2,1H3. The molecule has 2 heterocycles. The van der Waals surface area contributed by atoms with Crippen LogP contribution in [0.4, 0.5) is 0 Å². The zero-order valence-electron chi connectivity index (χ0n) is 15.6. The van der Waals surface area contributed by atoms with Crippen molar-refractivity contribution in [3.63, 3.8) is 0 Å². The molecule has 0 unspecified atom stereocenters. The van der Waals surface area contributed by atoms with Gasteiger partial charge in [0, 0.05) is 18.7 Å². The number of ether oxygens (including phenoxy) is 1. The van der Waals surface area contributed by atoms with Gasteiger partial charge in [-0.05, 0) is 24.5 Å². The van der Waals surface area contributed by atoms with E-state index in [1.807, 2.05) is 55.5 Å². The Kier molecular flexibility index (Phi) is 5.21. The molecule has 1 aliphatic rings. The fourth-order valence-electron chi connectivity index (χ4n) is 3.35. The number of thiazole rings is 1. The summed E-state index contributed by atoms with van der Waals surface area (Å²) in [7, 11) is 0. The highest BCUT2D eigenvalue weighted by Crippen LogP contribution is 2.28. The Bertz CT molecular complexity index is 1010. The van der Waals surface area contributed by atoms with Gasteiger partial charge in [0.2, 0.25) is 0 Å². The van der Waals surface area contributed by atoms with E-state index in [1.165, 1.54) is 16.9 Å². The molecule has 28 heavy (non-hydrogen) atoms. The number of hydrogen-bond acceptors (Lipinski definition) is 5. The summed E-state index contributed by atoms with van der Waals surface area (Å²) in [4.78, 5) is 31.8. The monoisotopic (exact) mass is 392 g/mol. The Balaban J connectivity index is 1.42. The Morgan fingerprint density at radius 3 is 2.57 bits per heavy atom. The molecular weight excluding hydrogens is 372 g/mol. The number of amides is 1. The quantitative estimate of drug-likeness (QED) is 0.633. The van der Waals surface area contributed by atoms with E-state index in [2.05, 4.69) is 11.1 Å². The number of esters is 1. The molecular formula is C22H20N2O3S. The van der Waals surface area contributed by atoms with Gasteiger partial charge in [-0.1, -0.05) is 54.6 Å². The molecule has 2 aromatic carbocycles. The van der Waals surface area contributed by atoms with E-state index in [9.17, 15) is 9.59 Å². The average Bonchev–Trinajstić information content (AvgIpc) is 3.14. The van der Waals surface area contributed by atoms with Crippen LogP contribution in [0.1, 0.15) is 25.8 Å². The minimum absolute atomic E-state index is 0.176. The number of benzene rings is 2. The number of fused-ring (bicyclic) bond motifs is 1. The topological polar surface area (TPSA) is 59.5 Å². The number of aryl methyl sites for hydroxylation is 1. The molecule has 0 atom stereocenters. The lowest BCUT2D eigenvalue weighted by molar-refractivity contribution is -0.135. The summed E-state index contributed by atoms with van der Waals surface area (Å²) in [6, 6.07) is 17.6. The van der Waals surface area contributed by atoms with Gasteiger partial charge in [-0.3, -0.25) is 4.79 Å². The van der Waals surface area contributed by atoms with E-state index in [-0.39, 0.29) is 12.5 Å². The first-order valence-electron chi connectivity index (χ1n) is 9.16. The molecule has 142 valence electrons. The highest BCUT2D eigenvalue weighted by atomic mass is 32.1. The van der Waals surface area contributed by atoms with E-state index in [4.69, 9.17) is 4.74 Å². The SMILES string of the molecule is Cc1nc(-c2ccccc2)c(C(=O)OCC(=O)N2CCc3ccccc3C2)s1. The summed E-state index contributed by atoms with van der Waals surface area (Å²) in [5.41, 5.74) is 3.89. The van der Waals surface area contributed by atoms with E-state index < -0.39 is 5.97 Å². The predicted molar refractivity (Wildman–Crippen MR) is 108 cm³/mol. The van der Waals surface area contributed by atoms with Crippen molar-refractivity contribution >= 4 is 23.2 Å². The number of rotatable bonds is 4. The molecule has 0 fully saturated rings. The van der Waals surface area contributed by atoms with Crippen molar-refractivity contribution in [1.29, 1.82) is 0 Å². The Morgan fingerprint density at radius 2 is 1.79 bits per heavy atom. The van der Waals surface area contributed by atoms with E-state index >= 15 is 0 Å². The molecule has 6 heteroatoms. The molecule has 1 aromatic heterocycles. The van der Waals surface area contributed by atoms with Gasteiger partial charge < -0.3 is 9.64 Å². The number of carbonyl (C=O) groups excluding carboxylic acids is 2. The summed E-state index contributed by atoms with van der Waals surface area (Å²) in [5.74, 6) is -0.680. The lowest BCUT2D eigenvalue weighted by atomic mass is 10.00. The van der Waals surface area contributed by atoms with Gasteiger partial charge in [0.15, 0.2) is 6.61 Å². The van der Waals surface area contributed by atoms with Crippen LogP contribution < -0.4 is 0 Å². The third-order valence-corrected chi connectivity index (χ3v) is 5.73. The van der Waals surface area contributed by atoms with Gasteiger partial charge >= 0.3 is 5.97 Å². The van der Waals surface area contributed by atoms with Gasteiger partial charge in [-0.25, -0.2) is 9.78 Å². The fraction of sp³-hybridized carbons (Fsp3) is 0.227. The minimum Gasteiger partial charge on any atom is -0.451 e. The zero-order chi connectivity index (χ0) is 19.5. The maximum absolute atomic E-state index is 12.6. The molecule has 0 saturated heterocycles. The number of aromatic nitrogens is 1. The van der Waals surface area contributed by atoms with E-state index in [0.29, 0.717) is 23.7 Å². The van der Waals surface area contributed by atoms with Gasteiger partial charge in [0.05, 0.1) is 10.7 Å². The summed E-state index contributed by atoms with van der Waals surface area (Å²) in [6.45, 7) is 2.79. The van der Waals surface area contributed by atoms with Crippen molar-refractivity contribution in [2.75, 3.05) is 13.2 Å². The first-order chi connectivity index (χ1) is 13.6. The molecule has 5 nitrogen and oxygen atoms in total. The zero-order valence-corrected chi connectivity index (χ0v) is 16.4. The third kappa shape index (κ3) is 3.82. The van der Waals surface area contributed by atoms with Crippen LogP contribution in [-0.2, 0) is 22.5 Å². The van der Waals surface area contributed by atoms with Crippen molar-refractivity contribution in [3.8, 4) is 11.3 Å². The maximum Gasteiger partial charge on any atom is 0.351 e.